The van der Waals surface area contributed by atoms with E-state index in [1.165, 1.54) is 11.1 Å². The molecule has 3 nitrogen and oxygen atoms in total. The van der Waals surface area contributed by atoms with Crippen LogP contribution >= 0.6 is 23.4 Å². The highest BCUT2D eigenvalue weighted by Crippen LogP contribution is 2.29. The standard InChI is InChI=1S/C20H23ClN2OS/c21-18-4-6-19(7-5-18)25-14-20(24)23-10-8-16(9-11-23)17-3-1-2-15(12-17)13-22/h1-7,12,16H,8-11,13-14,22H2. The monoisotopic (exact) mass is 374 g/mol. The molecule has 0 radical (unpaired) electrons. The van der Waals surface area contributed by atoms with Crippen molar-refractivity contribution in [1.82, 2.24) is 4.90 Å². The van der Waals surface area contributed by atoms with Crippen molar-refractivity contribution in [2.24, 2.45) is 5.73 Å². The largest absolute Gasteiger partial charge is 0.342 e. The van der Waals surface area contributed by atoms with Gasteiger partial charge in [-0.15, -0.1) is 11.8 Å². The highest BCUT2D eigenvalue weighted by Gasteiger charge is 2.23. The van der Waals surface area contributed by atoms with Gasteiger partial charge in [-0.3, -0.25) is 4.79 Å². The lowest BCUT2D eigenvalue weighted by Crippen LogP contribution is -2.38. The smallest absolute Gasteiger partial charge is 0.232 e. The summed E-state index contributed by atoms with van der Waals surface area (Å²) in [6, 6.07) is 16.2. The molecule has 2 aromatic rings. The maximum Gasteiger partial charge on any atom is 0.232 e. The Labute approximate surface area is 158 Å². The second-order valence-corrected chi connectivity index (χ2v) is 7.83. The van der Waals surface area contributed by atoms with Crippen LogP contribution < -0.4 is 5.73 Å². The first-order valence-corrected chi connectivity index (χ1v) is 9.97. The van der Waals surface area contributed by atoms with Crippen LogP contribution in [0.4, 0.5) is 0 Å². The van der Waals surface area contributed by atoms with Crippen LogP contribution in [0.3, 0.4) is 0 Å². The minimum atomic E-state index is 0.217. The van der Waals surface area contributed by atoms with E-state index in [1.807, 2.05) is 29.2 Å². The molecule has 3 rings (SSSR count). The van der Waals surface area contributed by atoms with Gasteiger partial charge in [0, 0.05) is 29.6 Å². The van der Waals surface area contributed by atoms with Gasteiger partial charge in [0.2, 0.25) is 5.91 Å². The summed E-state index contributed by atoms with van der Waals surface area (Å²) in [5.41, 5.74) is 8.27. The molecule has 0 atom stereocenters. The van der Waals surface area contributed by atoms with Gasteiger partial charge in [-0.1, -0.05) is 35.9 Å². The molecule has 1 fully saturated rings. The van der Waals surface area contributed by atoms with Crippen LogP contribution in [0, 0.1) is 0 Å². The third kappa shape index (κ3) is 5.00. The number of hydrogen-bond acceptors (Lipinski definition) is 3. The van der Waals surface area contributed by atoms with Crippen LogP contribution in [0.1, 0.15) is 29.9 Å². The maximum atomic E-state index is 12.4. The lowest BCUT2D eigenvalue weighted by atomic mass is 9.88. The molecule has 1 aliphatic heterocycles. The molecule has 5 heteroatoms. The Kier molecular flexibility index (Phi) is 6.40. The van der Waals surface area contributed by atoms with Crippen LogP contribution in [-0.2, 0) is 11.3 Å². The first-order valence-electron chi connectivity index (χ1n) is 8.61. The Morgan fingerprint density at radius 3 is 2.56 bits per heavy atom. The Bertz CT molecular complexity index is 712. The molecular weight excluding hydrogens is 352 g/mol. The first kappa shape index (κ1) is 18.3. The Balaban J connectivity index is 1.49. The number of piperidine rings is 1. The van der Waals surface area contributed by atoms with Gasteiger partial charge in [0.05, 0.1) is 5.75 Å². The Morgan fingerprint density at radius 1 is 1.16 bits per heavy atom. The summed E-state index contributed by atoms with van der Waals surface area (Å²) in [5, 5.41) is 0.719. The van der Waals surface area contributed by atoms with Crippen molar-refractivity contribution in [1.29, 1.82) is 0 Å². The molecule has 1 amide bonds. The zero-order valence-corrected chi connectivity index (χ0v) is 15.7. The van der Waals surface area contributed by atoms with Crippen molar-refractivity contribution in [3.05, 3.63) is 64.7 Å². The second kappa shape index (κ2) is 8.75. The van der Waals surface area contributed by atoms with E-state index in [-0.39, 0.29) is 5.91 Å². The van der Waals surface area contributed by atoms with Crippen LogP contribution in [0.5, 0.6) is 0 Å². The van der Waals surface area contributed by atoms with Gasteiger partial charge >= 0.3 is 0 Å². The molecule has 0 aromatic heterocycles. The van der Waals surface area contributed by atoms with Crippen molar-refractivity contribution < 1.29 is 4.79 Å². The first-order chi connectivity index (χ1) is 12.2. The molecule has 25 heavy (non-hydrogen) atoms. The number of amides is 1. The fourth-order valence-corrected chi connectivity index (χ4v) is 4.13. The molecule has 1 heterocycles. The van der Waals surface area contributed by atoms with Crippen molar-refractivity contribution in [2.45, 2.75) is 30.2 Å². The normalized spacial score (nSPS) is 15.4. The van der Waals surface area contributed by atoms with Crippen molar-refractivity contribution in [2.75, 3.05) is 18.8 Å². The number of rotatable bonds is 5. The molecule has 132 valence electrons. The topological polar surface area (TPSA) is 46.3 Å². The van der Waals surface area contributed by atoms with E-state index in [0.29, 0.717) is 18.2 Å². The van der Waals surface area contributed by atoms with Gasteiger partial charge in [-0.05, 0) is 54.2 Å². The van der Waals surface area contributed by atoms with E-state index in [9.17, 15) is 4.79 Å². The Hall–Kier alpha value is -1.49. The predicted molar refractivity (Wildman–Crippen MR) is 105 cm³/mol. The molecule has 0 bridgehead atoms. The molecule has 2 N–H and O–H groups in total. The molecule has 0 spiro atoms. The molecule has 1 saturated heterocycles. The van der Waals surface area contributed by atoms with E-state index in [0.717, 1.165) is 35.8 Å². The van der Waals surface area contributed by atoms with E-state index in [1.54, 1.807) is 11.8 Å². The number of nitrogens with two attached hydrogens (primary N) is 1. The molecule has 0 saturated carbocycles. The number of nitrogens with zero attached hydrogens (tertiary/aromatic N) is 1. The summed E-state index contributed by atoms with van der Waals surface area (Å²) < 4.78 is 0. The molecule has 2 aromatic carbocycles. The van der Waals surface area contributed by atoms with E-state index in [4.69, 9.17) is 17.3 Å². The minimum absolute atomic E-state index is 0.217. The van der Waals surface area contributed by atoms with Gasteiger partial charge in [0.15, 0.2) is 0 Å². The summed E-state index contributed by atoms with van der Waals surface area (Å²) in [4.78, 5) is 15.5. The molecule has 0 aliphatic carbocycles. The fraction of sp³-hybridized carbons (Fsp3) is 0.350. The van der Waals surface area contributed by atoms with Gasteiger partial charge in [0.1, 0.15) is 0 Å². The van der Waals surface area contributed by atoms with Gasteiger partial charge < -0.3 is 10.6 Å². The molecule has 1 aliphatic rings. The highest BCUT2D eigenvalue weighted by molar-refractivity contribution is 8.00. The van der Waals surface area contributed by atoms with Gasteiger partial charge in [-0.2, -0.15) is 0 Å². The fourth-order valence-electron chi connectivity index (χ4n) is 3.20. The van der Waals surface area contributed by atoms with Crippen molar-refractivity contribution >= 4 is 29.3 Å². The SMILES string of the molecule is NCc1cccc(C2CCN(C(=O)CSc3ccc(Cl)cc3)CC2)c1. The number of carbonyl (C=O) groups excluding carboxylic acids is 1. The second-order valence-electron chi connectivity index (χ2n) is 6.35. The predicted octanol–water partition coefficient (Wildman–Crippen LogP) is 4.30. The number of hydrogen-bond donors (Lipinski definition) is 1. The van der Waals surface area contributed by atoms with E-state index < -0.39 is 0 Å². The number of likely N-dealkylation sites (tertiary alicyclic amines) is 1. The molecule has 0 unspecified atom stereocenters. The average molecular weight is 375 g/mol. The molecular formula is C20H23ClN2OS. The number of halogens is 1. The highest BCUT2D eigenvalue weighted by atomic mass is 35.5. The third-order valence-electron chi connectivity index (χ3n) is 4.68. The Morgan fingerprint density at radius 2 is 1.88 bits per heavy atom. The number of benzene rings is 2. The van der Waals surface area contributed by atoms with Crippen LogP contribution in [0.25, 0.3) is 0 Å². The van der Waals surface area contributed by atoms with Crippen molar-refractivity contribution in [3.8, 4) is 0 Å². The number of carbonyl (C=O) groups is 1. The van der Waals surface area contributed by atoms with E-state index >= 15 is 0 Å². The van der Waals surface area contributed by atoms with Crippen LogP contribution in [-0.4, -0.2) is 29.6 Å². The quantitative estimate of drug-likeness (QED) is 0.794. The zero-order chi connectivity index (χ0) is 17.6. The lowest BCUT2D eigenvalue weighted by Gasteiger charge is -2.32. The number of thioether (sulfide) groups is 1. The average Bonchev–Trinajstić information content (AvgIpc) is 2.67. The summed E-state index contributed by atoms with van der Waals surface area (Å²) >= 11 is 7.46. The van der Waals surface area contributed by atoms with Crippen LogP contribution in [0.2, 0.25) is 5.02 Å². The van der Waals surface area contributed by atoms with E-state index in [2.05, 4.69) is 24.3 Å². The lowest BCUT2D eigenvalue weighted by molar-refractivity contribution is -0.129. The zero-order valence-electron chi connectivity index (χ0n) is 14.2. The summed E-state index contributed by atoms with van der Waals surface area (Å²) in [5.74, 6) is 1.23. The minimum Gasteiger partial charge on any atom is -0.342 e. The summed E-state index contributed by atoms with van der Waals surface area (Å²) in [6.07, 6.45) is 2.04. The van der Waals surface area contributed by atoms with Crippen LogP contribution in [0.15, 0.2) is 53.4 Å². The summed E-state index contributed by atoms with van der Waals surface area (Å²) in [6.45, 7) is 2.24. The van der Waals surface area contributed by atoms with Crippen molar-refractivity contribution in [3.63, 3.8) is 0 Å². The summed E-state index contributed by atoms with van der Waals surface area (Å²) in [7, 11) is 0. The van der Waals surface area contributed by atoms with Gasteiger partial charge in [-0.25, -0.2) is 0 Å². The third-order valence-corrected chi connectivity index (χ3v) is 5.93. The van der Waals surface area contributed by atoms with Gasteiger partial charge in [0.25, 0.3) is 0 Å². The maximum absolute atomic E-state index is 12.4.